The third-order valence-corrected chi connectivity index (χ3v) is 23.6. The van der Waals surface area contributed by atoms with Crippen LogP contribution in [-0.2, 0) is 47.9 Å². The highest BCUT2D eigenvalue weighted by Gasteiger charge is 2.18. The molecule has 12 aromatic carbocycles. The number of esters is 6. The molecule has 0 aliphatic carbocycles. The van der Waals surface area contributed by atoms with E-state index in [1.807, 2.05) is 109 Å². The molecule has 0 aliphatic heterocycles. The molecule has 0 bridgehead atoms. The lowest BCUT2D eigenvalue weighted by Crippen LogP contribution is -2.10. The van der Waals surface area contributed by atoms with Crippen molar-refractivity contribution in [2.75, 3.05) is 56.8 Å². The predicted octanol–water partition coefficient (Wildman–Crippen LogP) is 25.4. The summed E-state index contributed by atoms with van der Waals surface area (Å²) >= 11 is 4.56. The Morgan fingerprint density at radius 1 is 0.324 bits per heavy atom. The molecule has 27 heteroatoms. The van der Waals surface area contributed by atoms with Crippen LogP contribution in [0.15, 0.2) is 311 Å². The van der Waals surface area contributed by atoms with E-state index in [1.54, 1.807) is 103 Å². The monoisotopic (exact) mass is 1960 g/mol. The van der Waals surface area contributed by atoms with Gasteiger partial charge in [0.25, 0.3) is 0 Å². The lowest BCUT2D eigenvalue weighted by atomic mass is 10.0. The van der Waals surface area contributed by atoms with Crippen LogP contribution in [0.2, 0.25) is 0 Å². The molecule has 142 heavy (non-hydrogen) atoms. The number of thiazole rings is 3. The highest BCUT2D eigenvalue weighted by molar-refractivity contribution is 7.22. The zero-order valence-electron chi connectivity index (χ0n) is 79.6. The number of fused-ring (bicyclic) bond motifs is 3. The number of benzene rings is 12. The minimum atomic E-state index is -0.521. The normalized spacial score (nSPS) is 10.3. The third kappa shape index (κ3) is 36.2. The number of rotatable bonds is 40. The van der Waals surface area contributed by atoms with Crippen LogP contribution < -0.4 is 45.6 Å². The van der Waals surface area contributed by atoms with Crippen LogP contribution in [0.3, 0.4) is 0 Å². The van der Waals surface area contributed by atoms with Gasteiger partial charge in [-0.1, -0.05) is 215 Å². The van der Waals surface area contributed by atoms with Gasteiger partial charge in [-0.3, -0.25) is 0 Å². The van der Waals surface area contributed by atoms with E-state index in [-0.39, 0.29) is 6.61 Å². The van der Waals surface area contributed by atoms with Crippen molar-refractivity contribution in [1.82, 2.24) is 15.0 Å². The van der Waals surface area contributed by atoms with Gasteiger partial charge in [-0.05, 0) is 267 Å². The maximum Gasteiger partial charge on any atom is 0.343 e. The lowest BCUT2D eigenvalue weighted by molar-refractivity contribution is -0.138. The first-order valence-corrected chi connectivity index (χ1v) is 48.9. The number of ether oxygens (including phenoxy) is 9. The Labute approximate surface area is 839 Å². The Morgan fingerprint density at radius 2 is 0.627 bits per heavy atom. The van der Waals surface area contributed by atoms with Crippen LogP contribution in [0.4, 0.5) is 15.4 Å². The van der Waals surface area contributed by atoms with Gasteiger partial charge in [-0.2, -0.15) is 0 Å². The smallest absolute Gasteiger partial charge is 0.343 e. The van der Waals surface area contributed by atoms with E-state index in [0.717, 1.165) is 153 Å². The molecule has 0 atom stereocenters. The minimum absolute atomic E-state index is 0.244. The van der Waals surface area contributed by atoms with Crippen molar-refractivity contribution in [1.29, 1.82) is 16.2 Å². The predicted molar refractivity (Wildman–Crippen MR) is 571 cm³/mol. The van der Waals surface area contributed by atoms with Crippen molar-refractivity contribution in [3.8, 4) is 68.6 Å². The number of anilines is 3. The SMILES string of the molecule is C=CC(=O)OCCCCCCOc1ccc(C(=O)Oc2ccc(C#Cc3ccc(CCCC)cc3)cc2C=N)cc1.C=CC(=O)OCCCCOc1ccc(C(=O)Oc2ccc(-c3ccc(CCC)cc3)cc2C=N)cc1.C=CC(=O)OCCCOc1ccc(C(=O)Oc2ccc(-c3ccc(CCC)cc3)cc2C=N)cc1.Nc1nc2ccccc2s1.Nc1nc2ccccc2s1.Nc1nc2ccccc2s1. The average Bonchev–Trinajstić information content (AvgIpc) is 1.20. The first-order valence-electron chi connectivity index (χ1n) is 46.5. The standard InChI is InChI=1S/C35H37NO5.C30H31NO5.C29H29NO5.3C7H6N2S/c1-3-5-10-27-11-13-28(14-12-27)15-16-29-17-22-33(31(25-29)26-36)41-35(38)30-18-20-32(21-19-30)39-23-8-6-7-9-24-40-34(37)4-2;1-3-7-22-8-10-23(11-9-22)25-14-17-28(26(20-25)21-31)36-30(33)24-12-15-27(16-13-24)34-18-5-6-19-35-29(32)4-2;1-3-6-21-7-9-22(10-8-21)24-13-16-27(25(19-24)20-30)35-29(32)23-11-14-26(15-12-23)33-17-5-18-34-28(31)4-2;3*8-7-9-5-3-1-2-4-6(5)10-7/h4,11-14,17-22,25-26,36H,2-3,5-10,23-24H2,1H3;4,8-17,20-21,31H,2-3,5-7,18-19H2,1H3;4,7-16,19-20,30H,2-3,5-6,17-18H2,1H3;3*1-4H,(H2,8,9). The number of aromatic nitrogens is 3. The van der Waals surface area contributed by atoms with E-state index >= 15 is 0 Å². The van der Waals surface area contributed by atoms with Crippen molar-refractivity contribution in [2.45, 2.75) is 111 Å². The van der Waals surface area contributed by atoms with Gasteiger partial charge in [-0.25, -0.2) is 43.7 Å². The summed E-state index contributed by atoms with van der Waals surface area (Å²) in [7, 11) is 0. The molecule has 9 N–H and O–H groups in total. The van der Waals surface area contributed by atoms with Crippen molar-refractivity contribution in [3.63, 3.8) is 0 Å². The number of carbonyl (C=O) groups is 6. The Kier molecular flexibility index (Phi) is 44.8. The van der Waals surface area contributed by atoms with Gasteiger partial charge in [0, 0.05) is 71.1 Å². The molecule has 15 aromatic rings. The zero-order chi connectivity index (χ0) is 101. The maximum atomic E-state index is 12.7. The quantitative estimate of drug-likeness (QED) is 0.00395. The van der Waals surface area contributed by atoms with Crippen LogP contribution in [0.1, 0.15) is 167 Å². The molecule has 0 saturated carbocycles. The fraction of sp³-hybridized carbons (Fsp3) is 0.200. The molecular weight excluding hydrogens is 1840 g/mol. The van der Waals surface area contributed by atoms with Crippen LogP contribution in [-0.4, -0.2) is 109 Å². The van der Waals surface area contributed by atoms with E-state index in [2.05, 4.69) is 128 Å². The second kappa shape index (κ2) is 59.1. The number of nitrogens with one attached hydrogen (secondary N) is 3. The van der Waals surface area contributed by atoms with Crippen molar-refractivity contribution in [3.05, 3.63) is 372 Å². The number of nitrogens with two attached hydrogens (primary N) is 3. The van der Waals surface area contributed by atoms with Gasteiger partial charge in [0.05, 0.1) is 87.0 Å². The minimum Gasteiger partial charge on any atom is -0.494 e. The molecule has 0 radical (unpaired) electrons. The summed E-state index contributed by atoms with van der Waals surface area (Å²) in [6, 6.07) is 84.9. The zero-order valence-corrected chi connectivity index (χ0v) is 82.1. The Hall–Kier alpha value is -16.3. The van der Waals surface area contributed by atoms with Crippen LogP contribution in [0.5, 0.6) is 34.5 Å². The highest BCUT2D eigenvalue weighted by Crippen LogP contribution is 2.32. The van der Waals surface area contributed by atoms with Gasteiger partial charge in [0.15, 0.2) is 15.4 Å². The summed E-state index contributed by atoms with van der Waals surface area (Å²) in [5.74, 6) is 6.30. The lowest BCUT2D eigenvalue weighted by Gasteiger charge is -2.11. The summed E-state index contributed by atoms with van der Waals surface area (Å²) < 4.78 is 51.9. The van der Waals surface area contributed by atoms with Gasteiger partial charge in [0.1, 0.15) is 34.5 Å². The van der Waals surface area contributed by atoms with Gasteiger partial charge < -0.3 is 76.1 Å². The largest absolute Gasteiger partial charge is 0.494 e. The summed E-state index contributed by atoms with van der Waals surface area (Å²) in [5, 5.41) is 25.3. The number of carbonyl (C=O) groups excluding carboxylic acids is 6. The third-order valence-electron chi connectivity index (χ3n) is 21.0. The van der Waals surface area contributed by atoms with Crippen molar-refractivity contribution in [2.24, 2.45) is 0 Å². The summed E-state index contributed by atoms with van der Waals surface area (Å²) in [4.78, 5) is 83.3. The van der Waals surface area contributed by atoms with Crippen LogP contribution in [0.25, 0.3) is 52.9 Å². The molecule has 0 unspecified atom stereocenters. The average molecular weight is 1960 g/mol. The van der Waals surface area contributed by atoms with E-state index in [4.69, 9.17) is 76.1 Å². The summed E-state index contributed by atoms with van der Waals surface area (Å²) in [5.41, 5.74) is 31.7. The first kappa shape index (κ1) is 108. The molecule has 0 saturated heterocycles. The van der Waals surface area contributed by atoms with E-state index in [1.165, 1.54) is 76.0 Å². The number of para-hydroxylation sites is 3. The molecule has 0 amide bonds. The second-order valence-electron chi connectivity index (χ2n) is 31.6. The van der Waals surface area contributed by atoms with E-state index < -0.39 is 35.8 Å². The summed E-state index contributed by atoms with van der Waals surface area (Å²) in [6.45, 7) is 18.9. The number of hydrogen-bond acceptors (Lipinski definition) is 27. The van der Waals surface area contributed by atoms with Gasteiger partial charge >= 0.3 is 35.8 Å². The molecule has 15 rings (SSSR count). The molecule has 0 fully saturated rings. The Morgan fingerprint density at radius 3 is 0.986 bits per heavy atom. The van der Waals surface area contributed by atoms with Crippen molar-refractivity contribution < 1.29 is 71.4 Å². The molecule has 24 nitrogen and oxygen atoms in total. The summed E-state index contributed by atoms with van der Waals surface area (Å²) in [6.07, 6.45) is 20.2. The van der Waals surface area contributed by atoms with Gasteiger partial charge in [0.2, 0.25) is 0 Å². The number of aryl methyl sites for hydroxylation is 3. The Bertz CT molecular complexity index is 6480. The number of nitrogens with zero attached hydrogens (tertiary/aromatic N) is 3. The molecular formula is C115H115N9O15S3. The van der Waals surface area contributed by atoms with Crippen LogP contribution >= 0.6 is 34.0 Å². The number of hydrogen-bond donors (Lipinski definition) is 6. The second-order valence-corrected chi connectivity index (χ2v) is 34.8. The number of unbranched alkanes of at least 4 members (excludes halogenated alkanes) is 5. The fourth-order valence-electron chi connectivity index (χ4n) is 13.6. The van der Waals surface area contributed by atoms with Crippen molar-refractivity contribution >= 4 is 135 Å². The topological polar surface area (TPSA) is 374 Å². The Balaban J connectivity index is 0.000000189. The maximum absolute atomic E-state index is 12.7. The fourth-order valence-corrected chi connectivity index (χ4v) is 15.8. The van der Waals surface area contributed by atoms with Gasteiger partial charge in [-0.15, -0.1) is 0 Å². The highest BCUT2D eigenvalue weighted by atomic mass is 32.1. The number of nitrogen functional groups attached to an aromatic ring is 3. The first-order chi connectivity index (χ1) is 69.2. The molecule has 0 spiro atoms. The molecule has 0 aliphatic rings. The molecule has 3 aromatic heterocycles. The van der Waals surface area contributed by atoms with E-state index in [0.29, 0.717) is 129 Å². The van der Waals surface area contributed by atoms with E-state index in [9.17, 15) is 28.8 Å². The molecule has 3 heterocycles. The molecule has 728 valence electrons. The van der Waals surface area contributed by atoms with Crippen LogP contribution in [0, 0.1) is 28.1 Å².